The van der Waals surface area contributed by atoms with Gasteiger partial charge in [-0.05, 0) is 50.1 Å². The lowest BCUT2D eigenvalue weighted by Gasteiger charge is -2.20. The fourth-order valence-electron chi connectivity index (χ4n) is 3.72. The van der Waals surface area contributed by atoms with E-state index in [4.69, 9.17) is 15.0 Å². The second kappa shape index (κ2) is 7.71. The van der Waals surface area contributed by atoms with Crippen LogP contribution in [0.5, 0.6) is 0 Å². The molecule has 0 unspecified atom stereocenters. The molecular formula is C19H23N7S2. The van der Waals surface area contributed by atoms with Crippen LogP contribution in [0.2, 0.25) is 0 Å². The van der Waals surface area contributed by atoms with Crippen molar-refractivity contribution in [3.8, 4) is 0 Å². The fraction of sp³-hybridized carbons (Fsp3) is 0.474. The minimum absolute atomic E-state index is 0.618. The molecular weight excluding hydrogens is 390 g/mol. The van der Waals surface area contributed by atoms with Gasteiger partial charge in [0.1, 0.15) is 0 Å². The van der Waals surface area contributed by atoms with Crippen LogP contribution >= 0.6 is 23.1 Å². The Labute approximate surface area is 172 Å². The first-order valence-corrected chi connectivity index (χ1v) is 11.8. The number of hydrogen-bond acceptors (Lipinski definition) is 9. The molecule has 4 heterocycles. The van der Waals surface area contributed by atoms with Crippen LogP contribution in [0.1, 0.15) is 25.7 Å². The van der Waals surface area contributed by atoms with Gasteiger partial charge in [0.25, 0.3) is 0 Å². The highest BCUT2D eigenvalue weighted by Crippen LogP contribution is 2.31. The first kappa shape index (κ1) is 17.9. The Bertz CT molecular complexity index is 943. The molecule has 28 heavy (non-hydrogen) atoms. The van der Waals surface area contributed by atoms with E-state index in [0.717, 1.165) is 53.6 Å². The maximum atomic E-state index is 4.78. The zero-order valence-corrected chi connectivity index (χ0v) is 17.5. The van der Waals surface area contributed by atoms with Gasteiger partial charge in [0, 0.05) is 31.9 Å². The van der Waals surface area contributed by atoms with Crippen molar-refractivity contribution < 1.29 is 0 Å². The number of thiazole rings is 1. The Morgan fingerprint density at radius 1 is 0.893 bits per heavy atom. The Morgan fingerprint density at radius 2 is 1.54 bits per heavy atom. The van der Waals surface area contributed by atoms with Crippen LogP contribution in [0.3, 0.4) is 0 Å². The summed E-state index contributed by atoms with van der Waals surface area (Å²) in [4.78, 5) is 23.4. The predicted octanol–water partition coefficient (Wildman–Crippen LogP) is 4.15. The van der Waals surface area contributed by atoms with Crippen molar-refractivity contribution in [2.75, 3.05) is 47.6 Å². The molecule has 0 amide bonds. The number of fused-ring (bicyclic) bond motifs is 1. The zero-order chi connectivity index (χ0) is 18.9. The minimum atomic E-state index is 0.618. The van der Waals surface area contributed by atoms with Crippen molar-refractivity contribution in [1.29, 1.82) is 0 Å². The molecule has 2 fully saturated rings. The molecule has 0 aliphatic carbocycles. The lowest BCUT2D eigenvalue weighted by Crippen LogP contribution is -2.25. The number of hydrogen-bond donors (Lipinski definition) is 1. The summed E-state index contributed by atoms with van der Waals surface area (Å²) in [6.45, 7) is 4.08. The molecule has 1 aromatic carbocycles. The zero-order valence-electron chi connectivity index (χ0n) is 15.9. The third-order valence-electron chi connectivity index (χ3n) is 5.19. The number of nitrogens with one attached hydrogen (secondary N) is 1. The summed E-state index contributed by atoms with van der Waals surface area (Å²) in [5.74, 6) is 2.20. The van der Waals surface area contributed by atoms with E-state index in [1.165, 1.54) is 30.4 Å². The molecule has 0 saturated carbocycles. The molecule has 5 rings (SSSR count). The Morgan fingerprint density at radius 3 is 2.14 bits per heavy atom. The van der Waals surface area contributed by atoms with Gasteiger partial charge in [0.05, 0.1) is 10.2 Å². The summed E-state index contributed by atoms with van der Waals surface area (Å²) in [5.41, 5.74) is 2.01. The number of nitrogens with zero attached hydrogens (tertiary/aromatic N) is 6. The van der Waals surface area contributed by atoms with Gasteiger partial charge < -0.3 is 15.1 Å². The SMILES string of the molecule is CSc1nc2ccc(Nc3nc(N4CCCC4)nc(N4CCCC4)n3)cc2s1. The van der Waals surface area contributed by atoms with Gasteiger partial charge in [-0.1, -0.05) is 11.8 Å². The summed E-state index contributed by atoms with van der Waals surface area (Å²) in [6, 6.07) is 6.22. The molecule has 0 atom stereocenters. The molecule has 7 nitrogen and oxygen atoms in total. The van der Waals surface area contributed by atoms with E-state index in [1.54, 1.807) is 23.1 Å². The Kier molecular flexibility index (Phi) is 4.94. The summed E-state index contributed by atoms with van der Waals surface area (Å²) in [5, 5.41) is 3.41. The maximum absolute atomic E-state index is 4.78. The van der Waals surface area contributed by atoms with Gasteiger partial charge in [0.15, 0.2) is 4.34 Å². The molecule has 2 aliphatic heterocycles. The van der Waals surface area contributed by atoms with Gasteiger partial charge in [-0.3, -0.25) is 0 Å². The summed E-state index contributed by atoms with van der Waals surface area (Å²) >= 11 is 3.39. The smallest absolute Gasteiger partial charge is 0.233 e. The topological polar surface area (TPSA) is 70.1 Å². The van der Waals surface area contributed by atoms with Crippen LogP contribution in [0.4, 0.5) is 23.5 Å². The monoisotopic (exact) mass is 413 g/mol. The first-order chi connectivity index (χ1) is 13.8. The van der Waals surface area contributed by atoms with E-state index >= 15 is 0 Å². The van der Waals surface area contributed by atoms with E-state index in [0.29, 0.717) is 5.95 Å². The van der Waals surface area contributed by atoms with Gasteiger partial charge >= 0.3 is 0 Å². The summed E-state index contributed by atoms with van der Waals surface area (Å²) in [7, 11) is 0. The Hall–Kier alpha value is -2.13. The van der Waals surface area contributed by atoms with Crippen molar-refractivity contribution in [2.24, 2.45) is 0 Å². The van der Waals surface area contributed by atoms with E-state index in [1.807, 2.05) is 6.07 Å². The maximum Gasteiger partial charge on any atom is 0.233 e. The number of rotatable bonds is 5. The van der Waals surface area contributed by atoms with Crippen LogP contribution in [0.15, 0.2) is 22.5 Å². The van der Waals surface area contributed by atoms with Gasteiger partial charge in [-0.25, -0.2) is 4.98 Å². The molecule has 146 valence electrons. The number of anilines is 4. The molecule has 3 aromatic rings. The first-order valence-electron chi connectivity index (χ1n) is 9.76. The van der Waals surface area contributed by atoms with Crippen molar-refractivity contribution in [2.45, 2.75) is 30.0 Å². The van der Waals surface area contributed by atoms with E-state index in [9.17, 15) is 0 Å². The molecule has 2 aliphatic rings. The average molecular weight is 414 g/mol. The molecule has 9 heteroatoms. The fourth-order valence-corrected chi connectivity index (χ4v) is 5.25. The number of thioether (sulfide) groups is 1. The van der Waals surface area contributed by atoms with Gasteiger partial charge in [-0.15, -0.1) is 11.3 Å². The van der Waals surface area contributed by atoms with Gasteiger partial charge in [-0.2, -0.15) is 15.0 Å². The lowest BCUT2D eigenvalue weighted by atomic mass is 10.3. The highest BCUT2D eigenvalue weighted by Gasteiger charge is 2.21. The summed E-state index contributed by atoms with van der Waals surface area (Å²) < 4.78 is 2.25. The predicted molar refractivity (Wildman–Crippen MR) is 117 cm³/mol. The van der Waals surface area contributed by atoms with E-state index < -0.39 is 0 Å². The van der Waals surface area contributed by atoms with Crippen LogP contribution in [0, 0.1) is 0 Å². The summed E-state index contributed by atoms with van der Waals surface area (Å²) in [6.07, 6.45) is 6.86. The van der Waals surface area contributed by atoms with Crippen LogP contribution < -0.4 is 15.1 Å². The van der Waals surface area contributed by atoms with Crippen molar-refractivity contribution >= 4 is 56.8 Å². The molecule has 0 spiro atoms. The third-order valence-corrected chi connectivity index (χ3v) is 7.19. The average Bonchev–Trinajstić information content (AvgIpc) is 3.48. The quantitative estimate of drug-likeness (QED) is 0.626. The number of benzene rings is 1. The minimum Gasteiger partial charge on any atom is -0.341 e. The highest BCUT2D eigenvalue weighted by molar-refractivity contribution is 8.00. The Balaban J connectivity index is 1.47. The lowest BCUT2D eigenvalue weighted by molar-refractivity contribution is 0.841. The standard InChI is InChI=1S/C19H23N7S2/c1-27-19-21-14-7-6-13(12-15(14)28-19)20-16-22-17(25-8-2-3-9-25)24-18(23-16)26-10-4-5-11-26/h6-7,12H,2-5,8-11H2,1H3,(H,20,22,23,24). The molecule has 1 N–H and O–H groups in total. The second-order valence-electron chi connectivity index (χ2n) is 7.14. The van der Waals surface area contributed by atoms with Crippen molar-refractivity contribution in [3.63, 3.8) is 0 Å². The molecule has 0 radical (unpaired) electrons. The second-order valence-corrected chi connectivity index (χ2v) is 9.22. The number of aromatic nitrogens is 4. The molecule has 2 saturated heterocycles. The van der Waals surface area contributed by atoms with Crippen molar-refractivity contribution in [1.82, 2.24) is 19.9 Å². The van der Waals surface area contributed by atoms with E-state index in [2.05, 4.69) is 38.5 Å². The van der Waals surface area contributed by atoms with E-state index in [-0.39, 0.29) is 0 Å². The highest BCUT2D eigenvalue weighted by atomic mass is 32.2. The molecule has 2 aromatic heterocycles. The molecule has 0 bridgehead atoms. The third kappa shape index (κ3) is 3.60. The van der Waals surface area contributed by atoms with Crippen LogP contribution in [0.25, 0.3) is 10.2 Å². The largest absolute Gasteiger partial charge is 0.341 e. The van der Waals surface area contributed by atoms with Crippen molar-refractivity contribution in [3.05, 3.63) is 18.2 Å². The normalized spacial score (nSPS) is 17.0. The van der Waals surface area contributed by atoms with Crippen LogP contribution in [-0.2, 0) is 0 Å². The van der Waals surface area contributed by atoms with Gasteiger partial charge in [0.2, 0.25) is 17.8 Å². The van der Waals surface area contributed by atoms with Crippen LogP contribution in [-0.4, -0.2) is 52.4 Å².